The Morgan fingerprint density at radius 3 is 2.46 bits per heavy atom. The van der Waals surface area contributed by atoms with E-state index in [2.05, 4.69) is 12.1 Å². The largest absolute Gasteiger partial charge is 0.465 e. The lowest BCUT2D eigenvalue weighted by Gasteiger charge is -2.24. The van der Waals surface area contributed by atoms with Crippen molar-refractivity contribution >= 4 is 23.1 Å². The van der Waals surface area contributed by atoms with Gasteiger partial charge in [-0.1, -0.05) is 12.1 Å². The minimum atomic E-state index is -0.377. The molecule has 1 N–H and O–H groups in total. The molecule has 2 aliphatic rings. The van der Waals surface area contributed by atoms with Gasteiger partial charge in [0.05, 0.1) is 46.7 Å². The summed E-state index contributed by atoms with van der Waals surface area (Å²) in [5.74, 6) is 0.905. The van der Waals surface area contributed by atoms with Crippen LogP contribution >= 0.6 is 11.3 Å². The van der Waals surface area contributed by atoms with Crippen LogP contribution in [-0.2, 0) is 30.9 Å². The highest BCUT2D eigenvalue weighted by Gasteiger charge is 2.44. The average Bonchev–Trinajstić information content (AvgIpc) is 3.54. The number of aliphatic hydroxyl groups excluding tert-OH is 1. The van der Waals surface area contributed by atoms with Gasteiger partial charge in [0.15, 0.2) is 5.76 Å². The van der Waals surface area contributed by atoms with Gasteiger partial charge in [0.1, 0.15) is 17.4 Å². The number of thiophene rings is 1. The van der Waals surface area contributed by atoms with Crippen LogP contribution in [0, 0.1) is 0 Å². The fourth-order valence-corrected chi connectivity index (χ4v) is 5.12. The summed E-state index contributed by atoms with van der Waals surface area (Å²) < 4.78 is 27.7. The highest BCUT2D eigenvalue weighted by Crippen LogP contribution is 2.48. The summed E-state index contributed by atoms with van der Waals surface area (Å²) in [5, 5.41) is 9.66. The van der Waals surface area contributed by atoms with Crippen molar-refractivity contribution in [2.45, 2.75) is 31.7 Å². The van der Waals surface area contributed by atoms with Crippen LogP contribution in [0.1, 0.15) is 45.4 Å². The van der Waals surface area contributed by atoms with Gasteiger partial charge in [0.2, 0.25) is 0 Å². The van der Waals surface area contributed by atoms with E-state index in [1.54, 1.807) is 17.2 Å². The maximum atomic E-state index is 12.0. The Labute approximate surface area is 210 Å². The molecule has 0 spiro atoms. The smallest absolute Gasteiger partial charge is 0.348 e. The summed E-state index contributed by atoms with van der Waals surface area (Å²) in [6.45, 7) is 6.06. The fourth-order valence-electron chi connectivity index (χ4n) is 4.01. The lowest BCUT2D eigenvalue weighted by Crippen LogP contribution is -2.22. The molecule has 190 valence electrons. The highest BCUT2D eigenvalue weighted by molar-refractivity contribution is 7.14. The monoisotopic (exact) mass is 503 g/mol. The maximum absolute atomic E-state index is 12.0. The van der Waals surface area contributed by atoms with Gasteiger partial charge in [0.25, 0.3) is 0 Å². The van der Waals surface area contributed by atoms with Crippen molar-refractivity contribution < 1.29 is 33.6 Å². The topological polar surface area (TPSA) is 86.7 Å². The molecule has 0 atom stereocenters. The zero-order valence-corrected chi connectivity index (χ0v) is 21.1. The average molecular weight is 504 g/mol. The predicted molar refractivity (Wildman–Crippen MR) is 132 cm³/mol. The lowest BCUT2D eigenvalue weighted by atomic mass is 9.97. The Hall–Kier alpha value is -2.43. The van der Waals surface area contributed by atoms with E-state index in [4.69, 9.17) is 23.7 Å². The Kier molecular flexibility index (Phi) is 8.80. The Balaban J connectivity index is 1.34. The first-order valence-corrected chi connectivity index (χ1v) is 12.7. The van der Waals surface area contributed by atoms with Crippen molar-refractivity contribution in [2.24, 2.45) is 0 Å². The lowest BCUT2D eigenvalue weighted by molar-refractivity contribution is 0.0124. The normalized spacial score (nSPS) is 16.0. The number of aliphatic hydroxyl groups is 1. The van der Waals surface area contributed by atoms with E-state index in [-0.39, 0.29) is 18.1 Å². The fraction of sp³-hybridized carbons (Fsp3) is 0.500. The van der Waals surface area contributed by atoms with E-state index in [1.165, 1.54) is 24.0 Å². The van der Waals surface area contributed by atoms with Crippen molar-refractivity contribution in [3.8, 4) is 5.75 Å². The quantitative estimate of drug-likeness (QED) is 0.308. The third-order valence-electron chi connectivity index (χ3n) is 6.16. The minimum absolute atomic E-state index is 0.0671. The van der Waals surface area contributed by atoms with Crippen LogP contribution in [0.15, 0.2) is 36.5 Å². The SMILES string of the molecule is CCOCCOCCOCC1(c2ccc(OC3=CN(CO)Cc4sc(C(=O)OC)cc43)cc2)CC1. The van der Waals surface area contributed by atoms with E-state index in [0.29, 0.717) is 62.6 Å². The molecule has 1 saturated carbocycles. The van der Waals surface area contributed by atoms with Crippen LogP contribution in [0.3, 0.4) is 0 Å². The number of benzene rings is 1. The molecule has 4 rings (SSSR count). The number of hydrogen-bond acceptors (Lipinski definition) is 9. The van der Waals surface area contributed by atoms with Gasteiger partial charge in [0, 0.05) is 28.7 Å². The van der Waals surface area contributed by atoms with Gasteiger partial charge in [-0.25, -0.2) is 4.79 Å². The molecule has 1 aromatic heterocycles. The van der Waals surface area contributed by atoms with Crippen molar-refractivity contribution in [1.82, 2.24) is 4.90 Å². The Morgan fingerprint density at radius 1 is 1.09 bits per heavy atom. The summed E-state index contributed by atoms with van der Waals surface area (Å²) in [5.41, 5.74) is 2.15. The Morgan fingerprint density at radius 2 is 1.80 bits per heavy atom. The minimum Gasteiger partial charge on any atom is -0.465 e. The molecule has 35 heavy (non-hydrogen) atoms. The van der Waals surface area contributed by atoms with Crippen LogP contribution in [0.25, 0.3) is 5.76 Å². The van der Waals surface area contributed by atoms with Gasteiger partial charge < -0.3 is 33.7 Å². The van der Waals surface area contributed by atoms with Gasteiger partial charge >= 0.3 is 5.97 Å². The highest BCUT2D eigenvalue weighted by atomic mass is 32.1. The molecule has 2 heterocycles. The number of methoxy groups -OCH3 is 1. The molecule has 1 aliphatic carbocycles. The van der Waals surface area contributed by atoms with Gasteiger partial charge in [-0.05, 0) is 43.5 Å². The molecule has 0 radical (unpaired) electrons. The van der Waals surface area contributed by atoms with E-state index >= 15 is 0 Å². The predicted octanol–water partition coefficient (Wildman–Crippen LogP) is 3.78. The molecule has 0 saturated heterocycles. The molecular weight excluding hydrogens is 470 g/mol. The zero-order valence-electron chi connectivity index (χ0n) is 20.3. The molecule has 0 amide bonds. The first kappa shape index (κ1) is 25.7. The molecule has 1 fully saturated rings. The van der Waals surface area contributed by atoms with Crippen molar-refractivity contribution in [3.05, 3.63) is 57.4 Å². The van der Waals surface area contributed by atoms with Gasteiger partial charge in [-0.2, -0.15) is 0 Å². The van der Waals surface area contributed by atoms with Crippen LogP contribution in [-0.4, -0.2) is 69.5 Å². The molecule has 9 heteroatoms. The maximum Gasteiger partial charge on any atom is 0.348 e. The standard InChI is InChI=1S/C26H33NO7S/c1-3-31-10-11-32-12-13-33-17-26(8-9-26)19-4-6-20(7-5-19)34-22-15-27(18-28)16-24-21(22)14-23(35-24)25(29)30-2/h4-7,14-15,28H,3,8-13,16-18H2,1-2H3. The van der Waals surface area contributed by atoms with Gasteiger partial charge in [-0.15, -0.1) is 11.3 Å². The third-order valence-corrected chi connectivity index (χ3v) is 7.26. The summed E-state index contributed by atoms with van der Waals surface area (Å²) in [6, 6.07) is 9.88. The zero-order chi connectivity index (χ0) is 24.7. The number of rotatable bonds is 14. The number of nitrogens with zero attached hydrogens (tertiary/aromatic N) is 1. The van der Waals surface area contributed by atoms with Gasteiger partial charge in [-0.3, -0.25) is 0 Å². The van der Waals surface area contributed by atoms with E-state index in [0.717, 1.165) is 23.3 Å². The van der Waals surface area contributed by atoms with Crippen molar-refractivity contribution in [2.75, 3.05) is 53.5 Å². The van der Waals surface area contributed by atoms with Crippen LogP contribution in [0.2, 0.25) is 0 Å². The van der Waals surface area contributed by atoms with Crippen LogP contribution in [0.5, 0.6) is 5.75 Å². The number of esters is 1. The molecule has 0 unspecified atom stereocenters. The molecule has 0 bridgehead atoms. The second-order valence-electron chi connectivity index (χ2n) is 8.59. The first-order chi connectivity index (χ1) is 17.1. The molecular formula is C26H33NO7S. The summed E-state index contributed by atoms with van der Waals surface area (Å²) in [4.78, 5) is 15.2. The third kappa shape index (κ3) is 6.42. The summed E-state index contributed by atoms with van der Waals surface area (Å²) >= 11 is 1.35. The summed E-state index contributed by atoms with van der Waals surface area (Å²) in [6.07, 6.45) is 3.98. The van der Waals surface area contributed by atoms with Crippen LogP contribution in [0.4, 0.5) is 0 Å². The number of ether oxygens (including phenoxy) is 5. The first-order valence-electron chi connectivity index (χ1n) is 11.9. The van der Waals surface area contributed by atoms with E-state index < -0.39 is 0 Å². The Bertz CT molecular complexity index is 1010. The molecule has 1 aliphatic heterocycles. The van der Waals surface area contributed by atoms with Crippen molar-refractivity contribution in [1.29, 1.82) is 0 Å². The van der Waals surface area contributed by atoms with Crippen molar-refractivity contribution in [3.63, 3.8) is 0 Å². The number of fused-ring (bicyclic) bond motifs is 1. The molecule has 8 nitrogen and oxygen atoms in total. The van der Waals surface area contributed by atoms with Crippen LogP contribution < -0.4 is 4.74 Å². The number of carbonyl (C=O) groups is 1. The molecule has 1 aromatic carbocycles. The second kappa shape index (κ2) is 12.0. The second-order valence-corrected chi connectivity index (χ2v) is 9.73. The molecule has 2 aromatic rings. The van der Waals surface area contributed by atoms with E-state index in [9.17, 15) is 9.90 Å². The number of hydrogen-bond donors (Lipinski definition) is 1. The summed E-state index contributed by atoms with van der Waals surface area (Å²) in [7, 11) is 1.37. The number of carbonyl (C=O) groups excluding carboxylic acids is 1. The van der Waals surface area contributed by atoms with E-state index in [1.807, 2.05) is 19.1 Å².